The maximum Gasteiger partial charge on any atom is 0.203 e. The zero-order valence-corrected chi connectivity index (χ0v) is 9.47. The van der Waals surface area contributed by atoms with Gasteiger partial charge in [-0.2, -0.15) is 0 Å². The van der Waals surface area contributed by atoms with Crippen LogP contribution < -0.4 is 19.9 Å². The molecule has 0 spiro atoms. The molecule has 0 aliphatic carbocycles. The van der Waals surface area contributed by atoms with Gasteiger partial charge in [-0.3, -0.25) is 0 Å². The molecule has 1 aromatic carbocycles. The van der Waals surface area contributed by atoms with Crippen LogP contribution in [0.5, 0.6) is 17.2 Å². The van der Waals surface area contributed by atoms with Gasteiger partial charge in [-0.05, 0) is 12.1 Å². The summed E-state index contributed by atoms with van der Waals surface area (Å²) in [6.45, 7) is 0.179. The molecule has 0 radical (unpaired) electrons. The van der Waals surface area contributed by atoms with E-state index in [4.69, 9.17) is 32.2 Å². The van der Waals surface area contributed by atoms with E-state index >= 15 is 0 Å². The standard InChI is InChI=1S/C10H13NO3S/c1-12-7-4-3-5-8(10(7)13-2)14-6-9(11)15/h3-5H,6H2,1-2H3,(H2,11,15). The predicted molar refractivity (Wildman–Crippen MR) is 61.8 cm³/mol. The van der Waals surface area contributed by atoms with Crippen LogP contribution in [0, 0.1) is 0 Å². The predicted octanol–water partition coefficient (Wildman–Crippen LogP) is 1.37. The van der Waals surface area contributed by atoms with Gasteiger partial charge >= 0.3 is 0 Å². The molecule has 0 aromatic heterocycles. The van der Waals surface area contributed by atoms with E-state index in [2.05, 4.69) is 0 Å². The molecule has 0 unspecified atom stereocenters. The number of hydrogen-bond acceptors (Lipinski definition) is 4. The molecule has 0 saturated carbocycles. The third kappa shape index (κ3) is 2.99. The molecule has 4 nitrogen and oxygen atoms in total. The van der Waals surface area contributed by atoms with Gasteiger partial charge in [-0.25, -0.2) is 0 Å². The summed E-state index contributed by atoms with van der Waals surface area (Å²) in [7, 11) is 3.11. The Morgan fingerprint density at radius 1 is 1.27 bits per heavy atom. The first-order valence-electron chi connectivity index (χ1n) is 4.31. The summed E-state index contributed by atoms with van der Waals surface area (Å²) in [4.78, 5) is 0.292. The quantitative estimate of drug-likeness (QED) is 0.770. The van der Waals surface area contributed by atoms with Crippen molar-refractivity contribution in [1.82, 2.24) is 0 Å². The lowest BCUT2D eigenvalue weighted by atomic mass is 10.3. The maximum atomic E-state index is 5.36. The highest BCUT2D eigenvalue weighted by atomic mass is 32.1. The first kappa shape index (κ1) is 11.6. The van der Waals surface area contributed by atoms with E-state index in [9.17, 15) is 0 Å². The van der Waals surface area contributed by atoms with Crippen molar-refractivity contribution < 1.29 is 14.2 Å². The van der Waals surface area contributed by atoms with Gasteiger partial charge < -0.3 is 19.9 Å². The minimum absolute atomic E-state index is 0.179. The Morgan fingerprint density at radius 2 is 1.93 bits per heavy atom. The van der Waals surface area contributed by atoms with Crippen LogP contribution in [0.4, 0.5) is 0 Å². The summed E-state index contributed by atoms with van der Waals surface area (Å²) in [5.74, 6) is 1.71. The minimum Gasteiger partial charge on any atom is -0.493 e. The van der Waals surface area contributed by atoms with Gasteiger partial charge in [0.15, 0.2) is 11.5 Å². The van der Waals surface area contributed by atoms with E-state index in [1.165, 1.54) is 0 Å². The molecule has 1 rings (SSSR count). The van der Waals surface area contributed by atoms with E-state index in [1.54, 1.807) is 32.4 Å². The Kier molecular flexibility index (Phi) is 4.17. The maximum absolute atomic E-state index is 5.36. The van der Waals surface area contributed by atoms with E-state index in [0.717, 1.165) is 0 Å². The Balaban J connectivity index is 2.90. The Hall–Kier alpha value is -1.49. The molecule has 0 saturated heterocycles. The summed E-state index contributed by atoms with van der Waals surface area (Å²) in [5, 5.41) is 0. The fourth-order valence-electron chi connectivity index (χ4n) is 1.12. The van der Waals surface area contributed by atoms with Crippen LogP contribution in [0.15, 0.2) is 18.2 Å². The van der Waals surface area contributed by atoms with Crippen LogP contribution in [0.1, 0.15) is 0 Å². The van der Waals surface area contributed by atoms with Crippen molar-refractivity contribution in [3.05, 3.63) is 18.2 Å². The van der Waals surface area contributed by atoms with Crippen LogP contribution in [-0.2, 0) is 0 Å². The normalized spacial score (nSPS) is 9.47. The molecule has 0 bridgehead atoms. The summed E-state index contributed by atoms with van der Waals surface area (Å²) in [6.07, 6.45) is 0. The number of nitrogens with two attached hydrogens (primary N) is 1. The zero-order chi connectivity index (χ0) is 11.3. The lowest BCUT2D eigenvalue weighted by molar-refractivity contribution is 0.313. The van der Waals surface area contributed by atoms with Gasteiger partial charge in [-0.1, -0.05) is 18.3 Å². The highest BCUT2D eigenvalue weighted by Crippen LogP contribution is 2.36. The summed E-state index contributed by atoms with van der Waals surface area (Å²) in [5.41, 5.74) is 5.34. The van der Waals surface area contributed by atoms with Crippen molar-refractivity contribution in [3.63, 3.8) is 0 Å². The average molecular weight is 227 g/mol. The molecule has 5 heteroatoms. The van der Waals surface area contributed by atoms with Gasteiger partial charge in [0, 0.05) is 0 Å². The highest BCUT2D eigenvalue weighted by molar-refractivity contribution is 7.80. The number of ether oxygens (including phenoxy) is 3. The third-order valence-electron chi connectivity index (χ3n) is 1.74. The number of para-hydroxylation sites is 1. The molecule has 0 amide bonds. The first-order chi connectivity index (χ1) is 7.19. The lowest BCUT2D eigenvalue weighted by Gasteiger charge is -2.12. The largest absolute Gasteiger partial charge is 0.493 e. The van der Waals surface area contributed by atoms with Crippen LogP contribution in [0.3, 0.4) is 0 Å². The second kappa shape index (κ2) is 5.41. The second-order valence-electron chi connectivity index (χ2n) is 2.75. The number of hydrogen-bond donors (Lipinski definition) is 1. The smallest absolute Gasteiger partial charge is 0.203 e. The SMILES string of the molecule is COc1cccc(OCC(N)=S)c1OC. The van der Waals surface area contributed by atoms with Gasteiger partial charge in [0.1, 0.15) is 11.6 Å². The van der Waals surface area contributed by atoms with Crippen LogP contribution in [0.2, 0.25) is 0 Å². The number of benzene rings is 1. The number of thiocarbonyl (C=S) groups is 1. The average Bonchev–Trinajstić information content (AvgIpc) is 2.25. The van der Waals surface area contributed by atoms with E-state index in [0.29, 0.717) is 22.2 Å². The van der Waals surface area contributed by atoms with Crippen LogP contribution in [-0.4, -0.2) is 25.8 Å². The van der Waals surface area contributed by atoms with Crippen LogP contribution in [0.25, 0.3) is 0 Å². The first-order valence-corrected chi connectivity index (χ1v) is 4.72. The molecule has 0 aliphatic heterocycles. The molecule has 0 aliphatic rings. The highest BCUT2D eigenvalue weighted by Gasteiger charge is 2.10. The Labute approximate surface area is 93.9 Å². The van der Waals surface area contributed by atoms with E-state index in [-0.39, 0.29) is 6.61 Å². The summed E-state index contributed by atoms with van der Waals surface area (Å²) in [6, 6.07) is 5.35. The molecular weight excluding hydrogens is 214 g/mol. The monoisotopic (exact) mass is 227 g/mol. The van der Waals surface area contributed by atoms with E-state index in [1.807, 2.05) is 0 Å². The zero-order valence-electron chi connectivity index (χ0n) is 8.65. The molecule has 82 valence electrons. The van der Waals surface area contributed by atoms with Crippen molar-refractivity contribution >= 4 is 17.2 Å². The topological polar surface area (TPSA) is 53.7 Å². The molecule has 0 heterocycles. The Morgan fingerprint density at radius 3 is 2.47 bits per heavy atom. The third-order valence-corrected chi connectivity index (χ3v) is 1.85. The van der Waals surface area contributed by atoms with Crippen LogP contribution >= 0.6 is 12.2 Å². The van der Waals surface area contributed by atoms with Crippen molar-refractivity contribution in [1.29, 1.82) is 0 Å². The van der Waals surface area contributed by atoms with Gasteiger partial charge in [0.2, 0.25) is 5.75 Å². The number of methoxy groups -OCH3 is 2. The molecule has 15 heavy (non-hydrogen) atoms. The minimum atomic E-state index is 0.179. The van der Waals surface area contributed by atoms with Crippen molar-refractivity contribution in [3.8, 4) is 17.2 Å². The summed E-state index contributed by atoms with van der Waals surface area (Å²) >= 11 is 4.72. The van der Waals surface area contributed by atoms with Gasteiger partial charge in [0.05, 0.1) is 14.2 Å². The van der Waals surface area contributed by atoms with Crippen molar-refractivity contribution in [2.24, 2.45) is 5.73 Å². The van der Waals surface area contributed by atoms with E-state index < -0.39 is 0 Å². The van der Waals surface area contributed by atoms with Crippen molar-refractivity contribution in [2.75, 3.05) is 20.8 Å². The lowest BCUT2D eigenvalue weighted by Crippen LogP contribution is -2.18. The second-order valence-corrected chi connectivity index (χ2v) is 3.27. The molecular formula is C10H13NO3S. The molecule has 0 fully saturated rings. The number of rotatable bonds is 5. The fraction of sp³-hybridized carbons (Fsp3) is 0.300. The van der Waals surface area contributed by atoms with Gasteiger partial charge in [0.25, 0.3) is 0 Å². The molecule has 1 aromatic rings. The van der Waals surface area contributed by atoms with Gasteiger partial charge in [-0.15, -0.1) is 0 Å². The molecule has 2 N–H and O–H groups in total. The Bertz CT molecular complexity index is 355. The summed E-state index contributed by atoms with van der Waals surface area (Å²) < 4.78 is 15.6. The van der Waals surface area contributed by atoms with Crippen molar-refractivity contribution in [2.45, 2.75) is 0 Å². The molecule has 0 atom stereocenters. The fourth-order valence-corrected chi connectivity index (χ4v) is 1.18.